The molecule has 1 heterocycles. The van der Waals surface area contributed by atoms with E-state index in [-0.39, 0.29) is 5.60 Å². The maximum absolute atomic E-state index is 5.85. The quantitative estimate of drug-likeness (QED) is 0.898. The molecule has 2 N–H and O–H groups in total. The topological polar surface area (TPSA) is 35.2 Å². The molecule has 0 bridgehead atoms. The van der Waals surface area contributed by atoms with E-state index in [4.69, 9.17) is 10.5 Å². The van der Waals surface area contributed by atoms with Crippen LogP contribution in [0, 0.1) is 12.8 Å². The van der Waals surface area contributed by atoms with Crippen LogP contribution in [0.5, 0.6) is 0 Å². The number of aryl methyl sites for hydroxylation is 1. The average molecular weight is 261 g/mol. The normalized spacial score (nSPS) is 24.1. The van der Waals surface area contributed by atoms with Crippen molar-refractivity contribution in [1.82, 2.24) is 0 Å². The summed E-state index contributed by atoms with van der Waals surface area (Å²) in [5.74, 6) is 1.27. The molecule has 1 fully saturated rings. The first-order valence-corrected chi connectivity index (χ1v) is 7.42. The zero-order valence-corrected chi connectivity index (χ0v) is 12.5. The lowest BCUT2D eigenvalue weighted by atomic mass is 9.75. The second kappa shape index (κ2) is 6.06. The molecule has 0 aliphatic carbocycles. The molecule has 0 radical (unpaired) electrons. The minimum Gasteiger partial charge on any atom is -0.376 e. The van der Waals surface area contributed by atoms with Crippen molar-refractivity contribution in [2.45, 2.75) is 51.6 Å². The van der Waals surface area contributed by atoms with Gasteiger partial charge in [-0.15, -0.1) is 0 Å². The molecule has 1 aliphatic heterocycles. The SMILES string of the molecule is Cc1ccc([C@@H](CCN)[C@@H]2CCOC(C)(C)C2)cc1. The zero-order valence-electron chi connectivity index (χ0n) is 12.5. The van der Waals surface area contributed by atoms with Crippen molar-refractivity contribution < 1.29 is 4.74 Å². The lowest BCUT2D eigenvalue weighted by Crippen LogP contribution is -2.36. The first-order chi connectivity index (χ1) is 9.02. The van der Waals surface area contributed by atoms with Crippen molar-refractivity contribution >= 4 is 0 Å². The highest BCUT2D eigenvalue weighted by Crippen LogP contribution is 2.39. The largest absolute Gasteiger partial charge is 0.376 e. The summed E-state index contributed by atoms with van der Waals surface area (Å²) in [6.45, 7) is 8.18. The van der Waals surface area contributed by atoms with Crippen molar-refractivity contribution in [2.24, 2.45) is 11.7 Å². The van der Waals surface area contributed by atoms with E-state index in [2.05, 4.69) is 45.0 Å². The van der Waals surface area contributed by atoms with E-state index in [0.717, 1.165) is 32.4 Å². The van der Waals surface area contributed by atoms with Crippen LogP contribution in [0.15, 0.2) is 24.3 Å². The number of hydrogen-bond acceptors (Lipinski definition) is 2. The molecule has 106 valence electrons. The van der Waals surface area contributed by atoms with Crippen LogP contribution in [0.3, 0.4) is 0 Å². The van der Waals surface area contributed by atoms with E-state index >= 15 is 0 Å². The van der Waals surface area contributed by atoms with E-state index < -0.39 is 0 Å². The average Bonchev–Trinajstić information content (AvgIpc) is 2.36. The smallest absolute Gasteiger partial charge is 0.0629 e. The van der Waals surface area contributed by atoms with Crippen molar-refractivity contribution in [3.63, 3.8) is 0 Å². The summed E-state index contributed by atoms with van der Waals surface area (Å²) in [6, 6.07) is 8.98. The van der Waals surface area contributed by atoms with Gasteiger partial charge in [0.25, 0.3) is 0 Å². The Kier molecular flexibility index (Phi) is 4.64. The second-order valence-corrected chi connectivity index (χ2v) is 6.46. The van der Waals surface area contributed by atoms with Gasteiger partial charge in [0.15, 0.2) is 0 Å². The van der Waals surface area contributed by atoms with Gasteiger partial charge in [-0.05, 0) is 64.0 Å². The highest BCUT2D eigenvalue weighted by molar-refractivity contribution is 5.25. The van der Waals surface area contributed by atoms with Gasteiger partial charge in [0.2, 0.25) is 0 Å². The molecule has 2 nitrogen and oxygen atoms in total. The minimum absolute atomic E-state index is 0.0143. The number of rotatable bonds is 4. The maximum Gasteiger partial charge on any atom is 0.0629 e. The molecule has 2 rings (SSSR count). The van der Waals surface area contributed by atoms with Crippen molar-refractivity contribution in [1.29, 1.82) is 0 Å². The summed E-state index contributed by atoms with van der Waals surface area (Å²) in [7, 11) is 0. The van der Waals surface area contributed by atoms with Crippen LogP contribution in [-0.2, 0) is 4.74 Å². The van der Waals surface area contributed by atoms with Gasteiger partial charge in [0.1, 0.15) is 0 Å². The minimum atomic E-state index is 0.0143. The molecule has 0 unspecified atom stereocenters. The summed E-state index contributed by atoms with van der Waals surface area (Å²) in [5.41, 5.74) is 8.62. The third-order valence-electron chi connectivity index (χ3n) is 4.29. The van der Waals surface area contributed by atoms with Gasteiger partial charge in [-0.3, -0.25) is 0 Å². The summed E-state index contributed by atoms with van der Waals surface area (Å²) >= 11 is 0. The molecular formula is C17H27NO. The van der Waals surface area contributed by atoms with Crippen LogP contribution < -0.4 is 5.73 Å². The highest BCUT2D eigenvalue weighted by atomic mass is 16.5. The number of nitrogens with two attached hydrogens (primary N) is 1. The van der Waals surface area contributed by atoms with Gasteiger partial charge in [-0.25, -0.2) is 0 Å². The number of hydrogen-bond donors (Lipinski definition) is 1. The second-order valence-electron chi connectivity index (χ2n) is 6.46. The zero-order chi connectivity index (χ0) is 13.9. The lowest BCUT2D eigenvalue weighted by Gasteiger charge is -2.39. The van der Waals surface area contributed by atoms with Gasteiger partial charge in [0, 0.05) is 6.61 Å². The Morgan fingerprint density at radius 3 is 2.58 bits per heavy atom. The van der Waals surface area contributed by atoms with Crippen molar-refractivity contribution in [3.05, 3.63) is 35.4 Å². The Bertz CT molecular complexity index is 396. The Hall–Kier alpha value is -0.860. The highest BCUT2D eigenvalue weighted by Gasteiger charge is 2.33. The predicted octanol–water partition coefficient (Wildman–Crippen LogP) is 3.63. The molecular weight excluding hydrogens is 234 g/mol. The first kappa shape index (κ1) is 14.5. The van der Waals surface area contributed by atoms with E-state index in [1.54, 1.807) is 0 Å². The first-order valence-electron chi connectivity index (χ1n) is 7.42. The molecule has 2 heteroatoms. The summed E-state index contributed by atoms with van der Waals surface area (Å²) in [5, 5.41) is 0. The fourth-order valence-corrected chi connectivity index (χ4v) is 3.29. The van der Waals surface area contributed by atoms with Gasteiger partial charge >= 0.3 is 0 Å². The van der Waals surface area contributed by atoms with E-state index in [0.29, 0.717) is 11.8 Å². The number of ether oxygens (including phenoxy) is 1. The van der Waals surface area contributed by atoms with Gasteiger partial charge in [0.05, 0.1) is 5.60 Å². The number of benzene rings is 1. The van der Waals surface area contributed by atoms with E-state index in [1.807, 2.05) is 0 Å². The van der Waals surface area contributed by atoms with Crippen molar-refractivity contribution in [2.75, 3.05) is 13.2 Å². The molecule has 1 aliphatic rings. The molecule has 0 spiro atoms. The van der Waals surface area contributed by atoms with Crippen LogP contribution >= 0.6 is 0 Å². The predicted molar refractivity (Wildman–Crippen MR) is 80.3 cm³/mol. The van der Waals surface area contributed by atoms with Crippen LogP contribution in [0.25, 0.3) is 0 Å². The van der Waals surface area contributed by atoms with E-state index in [9.17, 15) is 0 Å². The fraction of sp³-hybridized carbons (Fsp3) is 0.647. The van der Waals surface area contributed by atoms with Gasteiger partial charge < -0.3 is 10.5 Å². The molecule has 1 aromatic rings. The molecule has 19 heavy (non-hydrogen) atoms. The lowest BCUT2D eigenvalue weighted by molar-refractivity contribution is -0.0771. The molecule has 1 aromatic carbocycles. The third-order valence-corrected chi connectivity index (χ3v) is 4.29. The van der Waals surface area contributed by atoms with Crippen LogP contribution in [0.1, 0.15) is 50.2 Å². The van der Waals surface area contributed by atoms with Gasteiger partial charge in [-0.1, -0.05) is 29.8 Å². The molecule has 2 atom stereocenters. The third kappa shape index (κ3) is 3.80. The summed E-state index contributed by atoms with van der Waals surface area (Å²) < 4.78 is 5.85. The Morgan fingerprint density at radius 2 is 2.00 bits per heavy atom. The monoisotopic (exact) mass is 261 g/mol. The van der Waals surface area contributed by atoms with Crippen LogP contribution in [0.4, 0.5) is 0 Å². The molecule has 0 amide bonds. The van der Waals surface area contributed by atoms with E-state index in [1.165, 1.54) is 11.1 Å². The fourth-order valence-electron chi connectivity index (χ4n) is 3.29. The maximum atomic E-state index is 5.85. The molecule has 0 aromatic heterocycles. The summed E-state index contributed by atoms with van der Waals surface area (Å²) in [6.07, 6.45) is 3.36. The standard InChI is InChI=1S/C17H27NO/c1-13-4-6-14(7-5-13)16(8-10-18)15-9-11-19-17(2,3)12-15/h4-7,15-16H,8-12,18H2,1-3H3/t15-,16-/m1/s1. The van der Waals surface area contributed by atoms with Crippen LogP contribution in [0.2, 0.25) is 0 Å². The summed E-state index contributed by atoms with van der Waals surface area (Å²) in [4.78, 5) is 0. The van der Waals surface area contributed by atoms with Gasteiger partial charge in [-0.2, -0.15) is 0 Å². The van der Waals surface area contributed by atoms with Crippen LogP contribution in [-0.4, -0.2) is 18.8 Å². The molecule has 1 saturated heterocycles. The Morgan fingerprint density at radius 1 is 1.32 bits per heavy atom. The Labute approximate surface area is 117 Å². The Balaban J connectivity index is 2.17. The van der Waals surface area contributed by atoms with Crippen molar-refractivity contribution in [3.8, 4) is 0 Å². The molecule has 0 saturated carbocycles.